The number of likely N-dealkylation sites (tertiary alicyclic amines) is 2. The van der Waals surface area contributed by atoms with Crippen LogP contribution in [0, 0.1) is 0 Å². The lowest BCUT2D eigenvalue weighted by molar-refractivity contribution is -0.152. The molecule has 0 radical (unpaired) electrons. The van der Waals surface area contributed by atoms with Crippen molar-refractivity contribution in [2.75, 3.05) is 26.3 Å². The Hall–Kier alpha value is -4.97. The van der Waals surface area contributed by atoms with Gasteiger partial charge < -0.3 is 24.1 Å². The van der Waals surface area contributed by atoms with Gasteiger partial charge in [-0.3, -0.25) is 14.6 Å². The molecule has 0 spiro atoms. The molecule has 0 saturated carbocycles. The molecule has 0 aliphatic carbocycles. The van der Waals surface area contributed by atoms with Gasteiger partial charge in [0.05, 0.1) is 0 Å². The Morgan fingerprint density at radius 3 is 1.77 bits per heavy atom. The second-order valence-electron chi connectivity index (χ2n) is 15.2. The Labute approximate surface area is 303 Å². The standard InChI is InChI=1S/C40H48N2O10/c1-39(2,3)51-37(47)41-21-9-13-31(41)35(45)49-23-33(43)26-17-15-25(16-18-26)27-19-20-30(29-12-8-7-11-28(27)29)34(44)24-50-36(46)32-14-10-22-42(32)38(48)52-40(4,5)6/h7-8,11-12,15-20,31-33,43H,9-10,13-14,21-24H2,1-6H3/t31-,32-,33?/m0/s1. The van der Waals surface area contributed by atoms with Gasteiger partial charge in [-0.1, -0.05) is 60.7 Å². The Balaban J connectivity index is 1.21. The average molecular weight is 717 g/mol. The van der Waals surface area contributed by atoms with Crippen molar-refractivity contribution < 1.29 is 48.0 Å². The highest BCUT2D eigenvalue weighted by atomic mass is 16.6. The summed E-state index contributed by atoms with van der Waals surface area (Å²) in [7, 11) is 0. The minimum atomic E-state index is -1.09. The zero-order valence-corrected chi connectivity index (χ0v) is 30.7. The van der Waals surface area contributed by atoms with Gasteiger partial charge in [0.1, 0.15) is 36.0 Å². The Morgan fingerprint density at radius 2 is 1.23 bits per heavy atom. The summed E-state index contributed by atoms with van der Waals surface area (Å²) in [6, 6.07) is 16.5. The number of Topliss-reactive ketones (excluding diaryl/α,β-unsaturated/α-hetero) is 1. The fourth-order valence-electron chi connectivity index (χ4n) is 6.44. The first-order chi connectivity index (χ1) is 24.5. The van der Waals surface area contributed by atoms with Gasteiger partial charge in [0, 0.05) is 18.7 Å². The second kappa shape index (κ2) is 15.7. The normalized spacial score (nSPS) is 18.2. The number of amides is 2. The number of benzene rings is 3. The maximum Gasteiger partial charge on any atom is 0.411 e. The molecule has 3 aromatic rings. The highest BCUT2D eigenvalue weighted by Gasteiger charge is 2.39. The molecule has 2 saturated heterocycles. The zero-order chi connectivity index (χ0) is 37.8. The average Bonchev–Trinajstić information content (AvgIpc) is 3.79. The number of aliphatic hydroxyl groups is 1. The minimum absolute atomic E-state index is 0.277. The lowest BCUT2D eigenvalue weighted by atomic mass is 9.93. The molecule has 0 aromatic heterocycles. The van der Waals surface area contributed by atoms with Crippen molar-refractivity contribution in [3.8, 4) is 11.1 Å². The summed E-state index contributed by atoms with van der Waals surface area (Å²) >= 11 is 0. The van der Waals surface area contributed by atoms with Crippen molar-refractivity contribution >= 4 is 40.7 Å². The van der Waals surface area contributed by atoms with Gasteiger partial charge in [-0.05, 0) is 94.7 Å². The van der Waals surface area contributed by atoms with Crippen LogP contribution in [0.3, 0.4) is 0 Å². The van der Waals surface area contributed by atoms with Gasteiger partial charge in [0.25, 0.3) is 0 Å². The molecule has 12 nitrogen and oxygen atoms in total. The van der Waals surface area contributed by atoms with Crippen LogP contribution in [0.4, 0.5) is 9.59 Å². The van der Waals surface area contributed by atoms with Crippen molar-refractivity contribution in [1.82, 2.24) is 9.80 Å². The Morgan fingerprint density at radius 1 is 0.712 bits per heavy atom. The highest BCUT2D eigenvalue weighted by molar-refractivity contribution is 6.12. The van der Waals surface area contributed by atoms with E-state index in [9.17, 15) is 29.1 Å². The van der Waals surface area contributed by atoms with Crippen molar-refractivity contribution in [2.45, 2.75) is 96.6 Å². The number of rotatable bonds is 9. The van der Waals surface area contributed by atoms with Crippen LogP contribution in [0.15, 0.2) is 60.7 Å². The number of ether oxygens (including phenoxy) is 4. The van der Waals surface area contributed by atoms with E-state index >= 15 is 0 Å². The van der Waals surface area contributed by atoms with Crippen LogP contribution in [0.5, 0.6) is 0 Å². The number of ketones is 1. The molecule has 2 amide bonds. The largest absolute Gasteiger partial charge is 0.461 e. The van der Waals surface area contributed by atoms with Crippen molar-refractivity contribution in [3.05, 3.63) is 71.8 Å². The molecular formula is C40H48N2O10. The molecule has 2 fully saturated rings. The smallest absolute Gasteiger partial charge is 0.411 e. The Bertz CT molecular complexity index is 1810. The molecule has 2 aliphatic heterocycles. The number of fused-ring (bicyclic) bond motifs is 1. The fraction of sp³-hybridized carbons (Fsp3) is 0.475. The third kappa shape index (κ3) is 9.27. The summed E-state index contributed by atoms with van der Waals surface area (Å²) in [4.78, 5) is 67.1. The zero-order valence-electron chi connectivity index (χ0n) is 30.7. The maximum atomic E-state index is 13.4. The van der Waals surface area contributed by atoms with Gasteiger partial charge in [0.15, 0.2) is 6.61 Å². The van der Waals surface area contributed by atoms with E-state index in [0.29, 0.717) is 55.3 Å². The third-order valence-corrected chi connectivity index (χ3v) is 8.87. The number of esters is 2. The van der Waals surface area contributed by atoms with E-state index in [2.05, 4.69) is 0 Å². The van der Waals surface area contributed by atoms with Crippen LogP contribution >= 0.6 is 0 Å². The molecule has 0 bridgehead atoms. The predicted molar refractivity (Wildman–Crippen MR) is 193 cm³/mol. The van der Waals surface area contributed by atoms with E-state index in [4.69, 9.17) is 18.9 Å². The van der Waals surface area contributed by atoms with E-state index in [-0.39, 0.29) is 12.4 Å². The number of carbonyl (C=O) groups is 5. The van der Waals surface area contributed by atoms with Crippen LogP contribution in [-0.4, -0.2) is 94.4 Å². The van der Waals surface area contributed by atoms with E-state index < -0.39 is 60.1 Å². The predicted octanol–water partition coefficient (Wildman–Crippen LogP) is 6.61. The van der Waals surface area contributed by atoms with Gasteiger partial charge in [-0.15, -0.1) is 0 Å². The molecule has 2 heterocycles. The van der Waals surface area contributed by atoms with E-state index in [1.54, 1.807) is 59.7 Å². The van der Waals surface area contributed by atoms with Crippen LogP contribution < -0.4 is 0 Å². The van der Waals surface area contributed by atoms with Crippen LogP contribution in [0.1, 0.15) is 89.3 Å². The first-order valence-corrected chi connectivity index (χ1v) is 17.7. The molecule has 1 unspecified atom stereocenters. The van der Waals surface area contributed by atoms with Crippen LogP contribution in [0.25, 0.3) is 21.9 Å². The second-order valence-corrected chi connectivity index (χ2v) is 15.2. The highest BCUT2D eigenvalue weighted by Crippen LogP contribution is 2.32. The van der Waals surface area contributed by atoms with Crippen LogP contribution in [-0.2, 0) is 28.5 Å². The first-order valence-electron chi connectivity index (χ1n) is 17.7. The SMILES string of the molecule is CC(C)(C)OC(=O)N1CCC[C@H]1C(=O)OCC(=O)c1ccc(-c2ccc(C(O)COC(=O)[C@@H]3CCCN3C(=O)OC(C)(C)C)cc2)c2ccccc12. The summed E-state index contributed by atoms with van der Waals surface area (Å²) in [5.74, 6) is -1.61. The molecule has 52 heavy (non-hydrogen) atoms. The molecule has 278 valence electrons. The molecule has 3 atom stereocenters. The molecule has 3 aromatic carbocycles. The first kappa shape index (κ1) is 38.3. The fourth-order valence-corrected chi connectivity index (χ4v) is 6.44. The lowest BCUT2D eigenvalue weighted by Gasteiger charge is -2.27. The molecule has 1 N–H and O–H groups in total. The number of aliphatic hydroxyl groups excluding tert-OH is 1. The van der Waals surface area contributed by atoms with Crippen molar-refractivity contribution in [1.29, 1.82) is 0 Å². The minimum Gasteiger partial charge on any atom is -0.461 e. The van der Waals surface area contributed by atoms with Gasteiger partial charge in [-0.2, -0.15) is 0 Å². The lowest BCUT2D eigenvalue weighted by Crippen LogP contribution is -2.44. The topological polar surface area (TPSA) is 149 Å². The quantitative estimate of drug-likeness (QED) is 0.146. The molecule has 2 aliphatic rings. The summed E-state index contributed by atoms with van der Waals surface area (Å²) in [6.07, 6.45) is -0.0712. The molecule has 5 rings (SSSR count). The molecule has 12 heteroatoms. The number of hydrogen-bond donors (Lipinski definition) is 1. The Kier molecular flexibility index (Phi) is 11.6. The third-order valence-electron chi connectivity index (χ3n) is 8.87. The number of nitrogens with zero attached hydrogens (tertiary/aromatic N) is 2. The van der Waals surface area contributed by atoms with Crippen molar-refractivity contribution in [2.24, 2.45) is 0 Å². The van der Waals surface area contributed by atoms with Gasteiger partial charge >= 0.3 is 24.1 Å². The maximum absolute atomic E-state index is 13.4. The summed E-state index contributed by atoms with van der Waals surface area (Å²) < 4.78 is 21.7. The van der Waals surface area contributed by atoms with E-state index in [1.807, 2.05) is 42.5 Å². The summed E-state index contributed by atoms with van der Waals surface area (Å²) in [6.45, 7) is 10.6. The van der Waals surface area contributed by atoms with Gasteiger partial charge in [0.2, 0.25) is 5.78 Å². The molecular weight excluding hydrogens is 668 g/mol. The number of hydrogen-bond acceptors (Lipinski definition) is 10. The van der Waals surface area contributed by atoms with E-state index in [1.165, 1.54) is 9.80 Å². The monoisotopic (exact) mass is 716 g/mol. The summed E-state index contributed by atoms with van der Waals surface area (Å²) in [5.41, 5.74) is 1.21. The number of carbonyl (C=O) groups excluding carboxylic acids is 5. The van der Waals surface area contributed by atoms with Gasteiger partial charge in [-0.25, -0.2) is 19.2 Å². The van der Waals surface area contributed by atoms with E-state index in [0.717, 1.165) is 16.5 Å². The van der Waals surface area contributed by atoms with Crippen molar-refractivity contribution in [3.63, 3.8) is 0 Å². The van der Waals surface area contributed by atoms with Crippen LogP contribution in [0.2, 0.25) is 0 Å². The summed E-state index contributed by atoms with van der Waals surface area (Å²) in [5, 5.41) is 12.3.